The highest BCUT2D eigenvalue weighted by atomic mass is 32.2. The number of carbonyl (C=O) groups is 1. The van der Waals surface area contributed by atoms with Crippen molar-refractivity contribution in [3.63, 3.8) is 0 Å². The average Bonchev–Trinajstić information content (AvgIpc) is 2.76. The first-order valence-corrected chi connectivity index (χ1v) is 9.42. The third-order valence-electron chi connectivity index (χ3n) is 3.95. The monoisotopic (exact) mass is 324 g/mol. The average molecular weight is 324 g/mol. The van der Waals surface area contributed by atoms with Crippen molar-refractivity contribution in [1.29, 1.82) is 0 Å². The first kappa shape index (κ1) is 17.0. The van der Waals surface area contributed by atoms with E-state index in [1.54, 1.807) is 19.1 Å². The number of rotatable bonds is 5. The lowest BCUT2D eigenvalue weighted by atomic mass is 10.1. The van der Waals surface area contributed by atoms with Crippen molar-refractivity contribution in [3.8, 4) is 0 Å². The zero-order valence-corrected chi connectivity index (χ0v) is 13.8. The summed E-state index contributed by atoms with van der Waals surface area (Å²) >= 11 is 0. The highest BCUT2D eigenvalue weighted by Gasteiger charge is 2.17. The molecular weight excluding hydrogens is 300 g/mol. The number of sulfonamides is 1. The van der Waals surface area contributed by atoms with Crippen molar-refractivity contribution in [2.24, 2.45) is 0 Å². The molecular formula is C16H24N2O3S. The van der Waals surface area contributed by atoms with Crippen molar-refractivity contribution in [2.75, 3.05) is 6.54 Å². The molecule has 5 nitrogen and oxygen atoms in total. The Balaban J connectivity index is 2.01. The molecule has 6 heteroatoms. The van der Waals surface area contributed by atoms with Gasteiger partial charge in [-0.15, -0.1) is 0 Å². The Kier molecular flexibility index (Phi) is 5.97. The van der Waals surface area contributed by atoms with Crippen LogP contribution in [0.25, 0.3) is 0 Å². The lowest BCUT2D eigenvalue weighted by Gasteiger charge is -2.16. The van der Waals surface area contributed by atoms with E-state index in [0.717, 1.165) is 25.7 Å². The molecule has 0 spiro atoms. The fourth-order valence-corrected chi connectivity index (χ4v) is 3.79. The van der Waals surface area contributed by atoms with Gasteiger partial charge in [-0.05, 0) is 37.1 Å². The van der Waals surface area contributed by atoms with Crippen LogP contribution in [0.1, 0.15) is 55.8 Å². The minimum absolute atomic E-state index is 0.126. The van der Waals surface area contributed by atoms with E-state index < -0.39 is 10.0 Å². The maximum absolute atomic E-state index is 12.2. The Hall–Kier alpha value is -1.40. The smallest absolute Gasteiger partial charge is 0.251 e. The van der Waals surface area contributed by atoms with Gasteiger partial charge in [0.25, 0.3) is 5.91 Å². The molecule has 2 N–H and O–H groups in total. The quantitative estimate of drug-likeness (QED) is 0.817. The van der Waals surface area contributed by atoms with Crippen LogP contribution in [0.3, 0.4) is 0 Å². The van der Waals surface area contributed by atoms with Crippen molar-refractivity contribution in [3.05, 3.63) is 29.8 Å². The van der Waals surface area contributed by atoms with Crippen molar-refractivity contribution in [1.82, 2.24) is 10.0 Å². The van der Waals surface area contributed by atoms with E-state index in [1.165, 1.54) is 25.0 Å². The molecule has 0 atom stereocenters. The molecule has 1 aliphatic rings. The number of hydrogen-bond donors (Lipinski definition) is 2. The SMILES string of the molecule is CCNS(=O)(=O)c1ccc(C(=O)NC2CCCCCC2)cc1. The Bertz CT molecular complexity index is 588. The number of carbonyl (C=O) groups excluding carboxylic acids is 1. The minimum Gasteiger partial charge on any atom is -0.349 e. The molecule has 1 fully saturated rings. The van der Waals surface area contributed by atoms with Crippen LogP contribution < -0.4 is 10.0 Å². The second-order valence-electron chi connectivity index (χ2n) is 5.69. The first-order valence-electron chi connectivity index (χ1n) is 7.93. The van der Waals surface area contributed by atoms with E-state index in [-0.39, 0.29) is 16.8 Å². The predicted octanol–water partition coefficient (Wildman–Crippen LogP) is 2.44. The van der Waals surface area contributed by atoms with Crippen molar-refractivity contribution >= 4 is 15.9 Å². The standard InChI is InChI=1S/C16H24N2O3S/c1-2-17-22(20,21)15-11-9-13(10-12-15)16(19)18-14-7-5-3-4-6-8-14/h9-12,14,17H,2-8H2,1H3,(H,18,19). The summed E-state index contributed by atoms with van der Waals surface area (Å²) in [5.41, 5.74) is 0.500. The second-order valence-corrected chi connectivity index (χ2v) is 7.45. The van der Waals surface area contributed by atoms with Crippen LogP contribution in [0.15, 0.2) is 29.2 Å². The Labute approximate surface area is 132 Å². The van der Waals surface area contributed by atoms with Crippen LogP contribution in [0.2, 0.25) is 0 Å². The molecule has 0 heterocycles. The van der Waals surface area contributed by atoms with Crippen LogP contribution in [0.5, 0.6) is 0 Å². The van der Waals surface area contributed by atoms with Gasteiger partial charge in [0.05, 0.1) is 4.90 Å². The summed E-state index contributed by atoms with van der Waals surface area (Å²) in [6, 6.07) is 6.31. The molecule has 1 aromatic rings. The van der Waals surface area contributed by atoms with Gasteiger partial charge < -0.3 is 5.32 Å². The van der Waals surface area contributed by atoms with Gasteiger partial charge in [0.2, 0.25) is 10.0 Å². The molecule has 2 rings (SSSR count). The first-order chi connectivity index (χ1) is 10.5. The van der Waals surface area contributed by atoms with Gasteiger partial charge in [-0.2, -0.15) is 0 Å². The summed E-state index contributed by atoms with van der Waals surface area (Å²) in [4.78, 5) is 12.4. The molecule has 0 aliphatic heterocycles. The Morgan fingerprint density at radius 3 is 2.23 bits per heavy atom. The summed E-state index contributed by atoms with van der Waals surface area (Å²) in [7, 11) is -3.47. The summed E-state index contributed by atoms with van der Waals surface area (Å²) in [6.45, 7) is 2.07. The predicted molar refractivity (Wildman–Crippen MR) is 86.3 cm³/mol. The van der Waals surface area contributed by atoms with Crippen LogP contribution in [-0.2, 0) is 10.0 Å². The molecule has 0 saturated heterocycles. The Morgan fingerprint density at radius 2 is 1.68 bits per heavy atom. The van der Waals surface area contributed by atoms with E-state index in [2.05, 4.69) is 10.0 Å². The van der Waals surface area contributed by atoms with Crippen molar-refractivity contribution in [2.45, 2.75) is 56.4 Å². The minimum atomic E-state index is -3.47. The molecule has 1 amide bonds. The van der Waals surface area contributed by atoms with Crippen LogP contribution >= 0.6 is 0 Å². The lowest BCUT2D eigenvalue weighted by molar-refractivity contribution is 0.0933. The molecule has 0 radical (unpaired) electrons. The van der Waals surface area contributed by atoms with Gasteiger partial charge in [-0.3, -0.25) is 4.79 Å². The largest absolute Gasteiger partial charge is 0.349 e. The fourth-order valence-electron chi connectivity index (χ4n) is 2.75. The van der Waals surface area contributed by atoms with Gasteiger partial charge in [0.15, 0.2) is 0 Å². The van der Waals surface area contributed by atoms with E-state index in [1.807, 2.05) is 0 Å². The molecule has 22 heavy (non-hydrogen) atoms. The van der Waals surface area contributed by atoms with E-state index in [4.69, 9.17) is 0 Å². The maximum atomic E-state index is 12.2. The van der Waals surface area contributed by atoms with Gasteiger partial charge >= 0.3 is 0 Å². The van der Waals surface area contributed by atoms with E-state index >= 15 is 0 Å². The topological polar surface area (TPSA) is 75.3 Å². The number of hydrogen-bond acceptors (Lipinski definition) is 3. The second kappa shape index (κ2) is 7.74. The zero-order chi connectivity index (χ0) is 16.0. The highest BCUT2D eigenvalue weighted by molar-refractivity contribution is 7.89. The van der Waals surface area contributed by atoms with Crippen LogP contribution in [-0.4, -0.2) is 26.9 Å². The third kappa shape index (κ3) is 4.55. The molecule has 0 bridgehead atoms. The van der Waals surface area contributed by atoms with Gasteiger partial charge in [-0.25, -0.2) is 13.1 Å². The van der Waals surface area contributed by atoms with Gasteiger partial charge in [-0.1, -0.05) is 32.6 Å². The number of amides is 1. The van der Waals surface area contributed by atoms with Gasteiger partial charge in [0.1, 0.15) is 0 Å². The molecule has 122 valence electrons. The summed E-state index contributed by atoms with van der Waals surface area (Å²) in [5, 5.41) is 3.05. The van der Waals surface area contributed by atoms with Crippen LogP contribution in [0, 0.1) is 0 Å². The van der Waals surface area contributed by atoms with E-state index in [9.17, 15) is 13.2 Å². The number of benzene rings is 1. The van der Waals surface area contributed by atoms with Gasteiger partial charge in [0, 0.05) is 18.2 Å². The lowest BCUT2D eigenvalue weighted by Crippen LogP contribution is -2.34. The summed E-state index contributed by atoms with van der Waals surface area (Å²) < 4.78 is 26.1. The fraction of sp³-hybridized carbons (Fsp3) is 0.562. The summed E-state index contributed by atoms with van der Waals surface area (Å²) in [6.07, 6.45) is 6.85. The maximum Gasteiger partial charge on any atom is 0.251 e. The zero-order valence-electron chi connectivity index (χ0n) is 13.0. The molecule has 0 aromatic heterocycles. The van der Waals surface area contributed by atoms with E-state index in [0.29, 0.717) is 12.1 Å². The number of nitrogens with one attached hydrogen (secondary N) is 2. The van der Waals surface area contributed by atoms with Crippen LogP contribution in [0.4, 0.5) is 0 Å². The molecule has 1 aromatic carbocycles. The molecule has 1 aliphatic carbocycles. The molecule has 1 saturated carbocycles. The van der Waals surface area contributed by atoms with Crippen molar-refractivity contribution < 1.29 is 13.2 Å². The summed E-state index contributed by atoms with van der Waals surface area (Å²) in [5.74, 6) is -0.126. The third-order valence-corrected chi connectivity index (χ3v) is 5.51. The molecule has 0 unspecified atom stereocenters. The Morgan fingerprint density at radius 1 is 1.09 bits per heavy atom. The normalized spacial score (nSPS) is 17.0. The highest BCUT2D eigenvalue weighted by Crippen LogP contribution is 2.18.